The van der Waals surface area contributed by atoms with Gasteiger partial charge in [0.15, 0.2) is 0 Å². The Labute approximate surface area is 185 Å². The number of hydrogen-bond acceptors (Lipinski definition) is 4. The molecular formula is C27H32N2O2. The highest BCUT2D eigenvalue weighted by atomic mass is 16.5. The number of piperidine rings is 1. The predicted octanol–water partition coefficient (Wildman–Crippen LogP) is 5.51. The lowest BCUT2D eigenvalue weighted by atomic mass is 9.89. The van der Waals surface area contributed by atoms with Gasteiger partial charge < -0.3 is 9.47 Å². The van der Waals surface area contributed by atoms with Crippen molar-refractivity contribution in [3.05, 3.63) is 89.6 Å². The van der Waals surface area contributed by atoms with Gasteiger partial charge >= 0.3 is 0 Å². The van der Waals surface area contributed by atoms with Crippen molar-refractivity contribution in [3.63, 3.8) is 0 Å². The maximum atomic E-state index is 5.99. The van der Waals surface area contributed by atoms with Crippen LogP contribution in [0.5, 0.6) is 11.6 Å². The van der Waals surface area contributed by atoms with Crippen molar-refractivity contribution >= 4 is 0 Å². The molecule has 0 amide bonds. The largest absolute Gasteiger partial charge is 0.489 e. The number of likely N-dealkylation sites (tertiary alicyclic amines) is 1. The molecule has 0 spiro atoms. The van der Waals surface area contributed by atoms with Gasteiger partial charge in [-0.25, -0.2) is 4.98 Å². The van der Waals surface area contributed by atoms with Gasteiger partial charge in [0.25, 0.3) is 0 Å². The van der Waals surface area contributed by atoms with Crippen LogP contribution < -0.4 is 9.47 Å². The topological polar surface area (TPSA) is 34.6 Å². The minimum atomic E-state index is 0.631. The first-order valence-corrected chi connectivity index (χ1v) is 11.3. The second kappa shape index (κ2) is 11.0. The second-order valence-corrected chi connectivity index (χ2v) is 8.30. The molecule has 0 aliphatic carbocycles. The van der Waals surface area contributed by atoms with Crippen molar-refractivity contribution in [2.24, 2.45) is 5.92 Å². The molecular weight excluding hydrogens is 384 g/mol. The van der Waals surface area contributed by atoms with Gasteiger partial charge in [-0.15, -0.1) is 0 Å². The minimum absolute atomic E-state index is 0.631. The van der Waals surface area contributed by atoms with E-state index >= 15 is 0 Å². The zero-order chi connectivity index (χ0) is 21.3. The predicted molar refractivity (Wildman–Crippen MR) is 124 cm³/mol. The van der Waals surface area contributed by atoms with E-state index in [0.29, 0.717) is 6.61 Å². The Hall–Kier alpha value is -2.85. The maximum absolute atomic E-state index is 5.99. The zero-order valence-electron chi connectivity index (χ0n) is 18.4. The van der Waals surface area contributed by atoms with Crippen LogP contribution in [0, 0.1) is 5.92 Å². The Morgan fingerprint density at radius 3 is 2.35 bits per heavy atom. The number of methoxy groups -OCH3 is 1. The average Bonchev–Trinajstić information content (AvgIpc) is 2.84. The number of pyridine rings is 1. The lowest BCUT2D eigenvalue weighted by Gasteiger charge is -2.32. The summed E-state index contributed by atoms with van der Waals surface area (Å²) in [6.07, 6.45) is 6.66. The Bertz CT molecular complexity index is 937. The lowest BCUT2D eigenvalue weighted by Crippen LogP contribution is -2.33. The Kier molecular flexibility index (Phi) is 7.56. The van der Waals surface area contributed by atoms with Gasteiger partial charge in [-0.1, -0.05) is 48.5 Å². The normalized spacial score (nSPS) is 15.0. The van der Waals surface area contributed by atoms with Crippen molar-refractivity contribution in [3.8, 4) is 11.6 Å². The zero-order valence-corrected chi connectivity index (χ0v) is 18.4. The van der Waals surface area contributed by atoms with Gasteiger partial charge in [-0.3, -0.25) is 4.90 Å². The van der Waals surface area contributed by atoms with E-state index in [-0.39, 0.29) is 0 Å². The first-order valence-electron chi connectivity index (χ1n) is 11.3. The van der Waals surface area contributed by atoms with E-state index in [4.69, 9.17) is 9.47 Å². The number of rotatable bonds is 9. The van der Waals surface area contributed by atoms with Crippen LogP contribution in [0.25, 0.3) is 0 Å². The van der Waals surface area contributed by atoms with Crippen molar-refractivity contribution in [2.45, 2.75) is 38.8 Å². The molecule has 1 aromatic heterocycles. The molecule has 0 N–H and O–H groups in total. The highest BCUT2D eigenvalue weighted by Gasteiger charge is 2.20. The Balaban J connectivity index is 1.25. The number of aromatic nitrogens is 1. The van der Waals surface area contributed by atoms with E-state index in [9.17, 15) is 0 Å². The highest BCUT2D eigenvalue weighted by molar-refractivity contribution is 5.28. The smallest absolute Gasteiger partial charge is 0.217 e. The Morgan fingerprint density at radius 2 is 1.58 bits per heavy atom. The van der Waals surface area contributed by atoms with Gasteiger partial charge in [-0.2, -0.15) is 0 Å². The summed E-state index contributed by atoms with van der Waals surface area (Å²) < 4.78 is 11.4. The monoisotopic (exact) mass is 416 g/mol. The molecule has 1 saturated heterocycles. The average molecular weight is 417 g/mol. The summed E-state index contributed by atoms with van der Waals surface area (Å²) in [6.45, 7) is 3.83. The maximum Gasteiger partial charge on any atom is 0.217 e. The molecule has 4 heteroatoms. The summed E-state index contributed by atoms with van der Waals surface area (Å²) in [5, 5.41) is 0. The fourth-order valence-electron chi connectivity index (χ4n) is 4.38. The van der Waals surface area contributed by atoms with E-state index in [2.05, 4.69) is 40.2 Å². The van der Waals surface area contributed by atoms with Crippen molar-refractivity contribution in [1.82, 2.24) is 9.88 Å². The van der Waals surface area contributed by atoms with E-state index in [1.807, 2.05) is 36.4 Å². The van der Waals surface area contributed by atoms with E-state index in [1.165, 1.54) is 36.0 Å². The second-order valence-electron chi connectivity index (χ2n) is 8.30. The number of hydrogen-bond donors (Lipinski definition) is 0. The first kappa shape index (κ1) is 21.4. The van der Waals surface area contributed by atoms with Crippen LogP contribution in [0.4, 0.5) is 0 Å². The van der Waals surface area contributed by atoms with Gasteiger partial charge in [0.05, 0.1) is 7.11 Å². The van der Waals surface area contributed by atoms with Gasteiger partial charge in [0.2, 0.25) is 5.88 Å². The summed E-state index contributed by atoms with van der Waals surface area (Å²) in [7, 11) is 1.70. The molecule has 1 aliphatic heterocycles. The first-order chi connectivity index (χ1) is 15.3. The van der Waals surface area contributed by atoms with Crippen LogP contribution in [-0.2, 0) is 19.6 Å². The fraction of sp³-hybridized carbons (Fsp3) is 0.370. The van der Waals surface area contributed by atoms with Crippen molar-refractivity contribution < 1.29 is 9.47 Å². The van der Waals surface area contributed by atoms with Crippen LogP contribution >= 0.6 is 0 Å². The molecule has 2 heterocycles. The molecule has 0 bridgehead atoms. The van der Waals surface area contributed by atoms with Crippen molar-refractivity contribution in [2.75, 3.05) is 20.2 Å². The summed E-state index contributed by atoms with van der Waals surface area (Å²) in [5.41, 5.74) is 3.89. The standard InChI is InChI=1S/C27H32N2O2/c1-30-27-24(10-7-17-28-27)20-29-18-15-22(16-19-29)13-14-23-8-5-6-9-25(23)21-31-26-11-3-2-4-12-26/h2-12,17,22H,13-16,18-21H2,1H3. The molecule has 0 atom stereocenters. The van der Waals surface area contributed by atoms with Crippen LogP contribution in [0.15, 0.2) is 72.9 Å². The van der Waals surface area contributed by atoms with Gasteiger partial charge in [0, 0.05) is 18.3 Å². The van der Waals surface area contributed by atoms with Crippen LogP contribution in [0.3, 0.4) is 0 Å². The van der Waals surface area contributed by atoms with E-state index in [0.717, 1.165) is 43.6 Å². The number of ether oxygens (including phenoxy) is 2. The Morgan fingerprint density at radius 1 is 0.871 bits per heavy atom. The van der Waals surface area contributed by atoms with E-state index in [1.54, 1.807) is 13.3 Å². The third kappa shape index (κ3) is 6.08. The molecule has 0 unspecified atom stereocenters. The number of para-hydroxylation sites is 1. The molecule has 0 saturated carbocycles. The molecule has 3 aromatic rings. The molecule has 0 radical (unpaired) electrons. The van der Waals surface area contributed by atoms with Crippen LogP contribution in [0.2, 0.25) is 0 Å². The SMILES string of the molecule is COc1ncccc1CN1CCC(CCc2ccccc2COc2ccccc2)CC1. The number of nitrogens with zero attached hydrogens (tertiary/aromatic N) is 2. The number of aryl methyl sites for hydroxylation is 1. The minimum Gasteiger partial charge on any atom is -0.489 e. The quantitative estimate of drug-likeness (QED) is 0.460. The third-order valence-corrected chi connectivity index (χ3v) is 6.22. The summed E-state index contributed by atoms with van der Waals surface area (Å²) >= 11 is 0. The highest BCUT2D eigenvalue weighted by Crippen LogP contribution is 2.26. The third-order valence-electron chi connectivity index (χ3n) is 6.22. The molecule has 162 valence electrons. The summed E-state index contributed by atoms with van der Waals surface area (Å²) in [4.78, 5) is 6.85. The molecule has 4 rings (SSSR count). The fourth-order valence-corrected chi connectivity index (χ4v) is 4.38. The van der Waals surface area contributed by atoms with Crippen LogP contribution in [-0.4, -0.2) is 30.1 Å². The summed E-state index contributed by atoms with van der Waals surface area (Å²) in [6, 6.07) is 22.9. The van der Waals surface area contributed by atoms with Gasteiger partial charge in [0.1, 0.15) is 12.4 Å². The van der Waals surface area contributed by atoms with E-state index < -0.39 is 0 Å². The molecule has 1 aliphatic rings. The molecule has 31 heavy (non-hydrogen) atoms. The molecule has 1 fully saturated rings. The van der Waals surface area contributed by atoms with Crippen molar-refractivity contribution in [1.29, 1.82) is 0 Å². The lowest BCUT2D eigenvalue weighted by molar-refractivity contribution is 0.170. The number of benzene rings is 2. The van der Waals surface area contributed by atoms with Gasteiger partial charge in [-0.05, 0) is 74.0 Å². The molecule has 2 aromatic carbocycles. The summed E-state index contributed by atoms with van der Waals surface area (Å²) in [5.74, 6) is 2.46. The molecule has 4 nitrogen and oxygen atoms in total. The van der Waals surface area contributed by atoms with Crippen LogP contribution in [0.1, 0.15) is 36.0 Å².